The molecule has 6 atom stereocenters. The fourth-order valence-corrected chi connectivity index (χ4v) is 5.15. The molecule has 0 spiro atoms. The summed E-state index contributed by atoms with van der Waals surface area (Å²) >= 11 is 0. The minimum absolute atomic E-state index is 0.283. The fraction of sp³-hybridized carbons (Fsp3) is 0.737. The van der Waals surface area contributed by atoms with Crippen LogP contribution in [0.3, 0.4) is 0 Å². The maximum Gasteiger partial charge on any atom is 0.305 e. The molecule has 4 fully saturated rings. The van der Waals surface area contributed by atoms with Gasteiger partial charge in [-0.15, -0.1) is 6.58 Å². The molecular weight excluding hydrogens is 356 g/mol. The minimum Gasteiger partial charge on any atom is -0.458 e. The van der Waals surface area contributed by atoms with Crippen LogP contribution >= 0.6 is 0 Å². The van der Waals surface area contributed by atoms with Gasteiger partial charge in [0, 0.05) is 45.4 Å². The Bertz CT molecular complexity index is 675. The predicted molar refractivity (Wildman–Crippen MR) is 90.8 cm³/mol. The third-order valence-corrected chi connectivity index (χ3v) is 5.97. The van der Waals surface area contributed by atoms with E-state index in [9.17, 15) is 14.4 Å². The molecule has 0 radical (unpaired) electrons. The van der Waals surface area contributed by atoms with Gasteiger partial charge in [-0.1, -0.05) is 13.0 Å². The topological polar surface area (TPSA) is 97.4 Å². The second-order valence-corrected chi connectivity index (χ2v) is 7.75. The highest BCUT2D eigenvalue weighted by Crippen LogP contribution is 2.66. The fourth-order valence-electron chi connectivity index (χ4n) is 5.15. The van der Waals surface area contributed by atoms with Gasteiger partial charge in [-0.25, -0.2) is 0 Å². The Balaban J connectivity index is 2.12. The third kappa shape index (κ3) is 3.04. The van der Waals surface area contributed by atoms with Gasteiger partial charge in [0.25, 0.3) is 0 Å². The van der Waals surface area contributed by atoms with Crippen LogP contribution in [-0.2, 0) is 38.1 Å². The van der Waals surface area contributed by atoms with Gasteiger partial charge in [0.1, 0.15) is 5.60 Å². The second-order valence-electron chi connectivity index (χ2n) is 7.75. The molecule has 8 nitrogen and oxygen atoms in total. The molecule has 3 saturated heterocycles. The molecule has 0 aromatic rings. The predicted octanol–water partition coefficient (Wildman–Crippen LogP) is 2.21. The van der Waals surface area contributed by atoms with E-state index in [0.717, 1.165) is 0 Å². The van der Waals surface area contributed by atoms with Crippen molar-refractivity contribution in [1.82, 2.24) is 0 Å². The summed E-state index contributed by atoms with van der Waals surface area (Å²) in [6.45, 7) is 9.70. The Morgan fingerprint density at radius 2 is 1.78 bits per heavy atom. The summed E-state index contributed by atoms with van der Waals surface area (Å²) in [4.78, 5) is 35.4. The lowest BCUT2D eigenvalue weighted by molar-refractivity contribution is -0.484. The van der Waals surface area contributed by atoms with E-state index < -0.39 is 53.2 Å². The van der Waals surface area contributed by atoms with Crippen molar-refractivity contribution in [3.05, 3.63) is 12.7 Å². The highest BCUT2D eigenvalue weighted by molar-refractivity contribution is 5.68. The highest BCUT2D eigenvalue weighted by Gasteiger charge is 2.75. The van der Waals surface area contributed by atoms with Crippen LogP contribution in [-0.4, -0.2) is 41.9 Å². The molecule has 1 saturated carbocycles. The Morgan fingerprint density at radius 3 is 2.33 bits per heavy atom. The molecule has 4 bridgehead atoms. The molecule has 8 heteroatoms. The van der Waals surface area contributed by atoms with E-state index in [-0.39, 0.29) is 6.42 Å². The summed E-state index contributed by atoms with van der Waals surface area (Å²) in [5.74, 6) is -3.39. The summed E-state index contributed by atoms with van der Waals surface area (Å²) in [6.07, 6.45) is 1.49. The van der Waals surface area contributed by atoms with E-state index in [4.69, 9.17) is 23.7 Å². The smallest absolute Gasteiger partial charge is 0.305 e. The van der Waals surface area contributed by atoms with Crippen molar-refractivity contribution in [3.63, 3.8) is 0 Å². The molecule has 4 aliphatic rings. The van der Waals surface area contributed by atoms with E-state index >= 15 is 0 Å². The quantitative estimate of drug-likeness (QED) is 0.406. The SMILES string of the molecule is C=CC[C@]1(OC(C)=O)CC[C@]2(OC(C)=O)O[C@@H]3C[C@@]1(C)[C@H]2[C@H](OC(C)=O)O3. The first-order valence-electron chi connectivity index (χ1n) is 9.08. The number of rotatable bonds is 5. The Labute approximate surface area is 158 Å². The summed E-state index contributed by atoms with van der Waals surface area (Å²) in [7, 11) is 0. The van der Waals surface area contributed by atoms with Gasteiger partial charge in [-0.2, -0.15) is 0 Å². The van der Waals surface area contributed by atoms with Crippen molar-refractivity contribution in [1.29, 1.82) is 0 Å². The number of hydrogen-bond donors (Lipinski definition) is 0. The standard InChI is InChI=1S/C19H26O8/c1-6-7-18(25-12(3)21)8-9-19(26-13(4)22)15-16(23-11(2)20)24-14(27-19)10-17(15,18)5/h6,14-16H,1,7-10H2,2-5H3/t14-,15-,16-,17+,18+,19+/m1/s1. The second kappa shape index (κ2) is 6.60. The number of ether oxygens (including phenoxy) is 5. The van der Waals surface area contributed by atoms with Crippen LogP contribution in [0.5, 0.6) is 0 Å². The van der Waals surface area contributed by atoms with Crippen LogP contribution in [0.4, 0.5) is 0 Å². The zero-order valence-electron chi connectivity index (χ0n) is 16.1. The summed E-state index contributed by atoms with van der Waals surface area (Å²) < 4.78 is 28.7. The molecule has 0 aromatic carbocycles. The zero-order valence-corrected chi connectivity index (χ0v) is 16.1. The maximum atomic E-state index is 11.9. The van der Waals surface area contributed by atoms with Crippen molar-refractivity contribution < 1.29 is 38.1 Å². The van der Waals surface area contributed by atoms with Crippen molar-refractivity contribution >= 4 is 17.9 Å². The van der Waals surface area contributed by atoms with Crippen LogP contribution in [0, 0.1) is 11.3 Å². The third-order valence-electron chi connectivity index (χ3n) is 5.97. The molecule has 150 valence electrons. The monoisotopic (exact) mass is 382 g/mol. The van der Waals surface area contributed by atoms with Crippen LogP contribution in [0.2, 0.25) is 0 Å². The molecule has 27 heavy (non-hydrogen) atoms. The lowest BCUT2D eigenvalue weighted by Crippen LogP contribution is -2.76. The van der Waals surface area contributed by atoms with Crippen LogP contribution in [0.1, 0.15) is 53.4 Å². The molecule has 1 aliphatic carbocycles. The number of fused-ring (bicyclic) bond motifs is 1. The van der Waals surface area contributed by atoms with E-state index in [1.54, 1.807) is 6.08 Å². The Hall–Kier alpha value is -1.93. The maximum absolute atomic E-state index is 11.9. The van der Waals surface area contributed by atoms with Gasteiger partial charge in [0.05, 0.1) is 5.92 Å². The number of carbonyl (C=O) groups is 3. The lowest BCUT2D eigenvalue weighted by Gasteiger charge is -2.67. The van der Waals surface area contributed by atoms with Crippen LogP contribution in [0.15, 0.2) is 12.7 Å². The van der Waals surface area contributed by atoms with Gasteiger partial charge in [0.2, 0.25) is 12.1 Å². The normalized spacial score (nSPS) is 42.1. The summed E-state index contributed by atoms with van der Waals surface area (Å²) in [5, 5.41) is 0. The number of esters is 3. The van der Waals surface area contributed by atoms with E-state index in [1.165, 1.54) is 20.8 Å². The van der Waals surface area contributed by atoms with Crippen molar-refractivity contribution in [2.45, 2.75) is 77.3 Å². The highest BCUT2D eigenvalue weighted by atomic mass is 16.8. The van der Waals surface area contributed by atoms with Gasteiger partial charge in [-0.05, 0) is 6.42 Å². The average Bonchev–Trinajstić information content (AvgIpc) is 2.49. The van der Waals surface area contributed by atoms with E-state index in [1.807, 2.05) is 6.92 Å². The first-order chi connectivity index (χ1) is 12.6. The number of hydrogen-bond acceptors (Lipinski definition) is 8. The average molecular weight is 382 g/mol. The molecule has 0 N–H and O–H groups in total. The van der Waals surface area contributed by atoms with Gasteiger partial charge in [-0.3, -0.25) is 14.4 Å². The van der Waals surface area contributed by atoms with E-state index in [0.29, 0.717) is 19.3 Å². The Kier molecular flexibility index (Phi) is 4.84. The molecule has 4 rings (SSSR count). The minimum atomic E-state index is -1.30. The first kappa shape index (κ1) is 19.8. The van der Waals surface area contributed by atoms with Crippen molar-refractivity contribution in [2.75, 3.05) is 0 Å². The van der Waals surface area contributed by atoms with Crippen LogP contribution in [0.25, 0.3) is 0 Å². The number of carbonyl (C=O) groups excluding carboxylic acids is 3. The van der Waals surface area contributed by atoms with Crippen molar-refractivity contribution in [2.24, 2.45) is 11.3 Å². The molecular formula is C19H26O8. The summed E-state index contributed by atoms with van der Waals surface area (Å²) in [6, 6.07) is 0. The van der Waals surface area contributed by atoms with Gasteiger partial charge in [0.15, 0.2) is 6.29 Å². The Morgan fingerprint density at radius 1 is 1.11 bits per heavy atom. The van der Waals surface area contributed by atoms with E-state index in [2.05, 4.69) is 6.58 Å². The van der Waals surface area contributed by atoms with Gasteiger partial charge < -0.3 is 23.7 Å². The molecule has 3 heterocycles. The molecule has 0 unspecified atom stereocenters. The zero-order chi connectivity index (χ0) is 20.0. The summed E-state index contributed by atoms with van der Waals surface area (Å²) in [5.41, 5.74) is -1.61. The van der Waals surface area contributed by atoms with Crippen LogP contribution < -0.4 is 0 Å². The molecule has 3 aliphatic heterocycles. The van der Waals surface area contributed by atoms with Gasteiger partial charge >= 0.3 is 17.9 Å². The molecule has 0 aromatic heterocycles. The van der Waals surface area contributed by atoms with Crippen molar-refractivity contribution in [3.8, 4) is 0 Å². The first-order valence-corrected chi connectivity index (χ1v) is 9.08. The lowest BCUT2D eigenvalue weighted by atomic mass is 9.51. The molecule has 0 amide bonds. The largest absolute Gasteiger partial charge is 0.458 e.